The Labute approximate surface area is 80.2 Å². The average molecular weight is 204 g/mol. The normalized spacial score (nSPS) is 13.6. The second kappa shape index (κ2) is 5.94. The van der Waals surface area contributed by atoms with Gasteiger partial charge in [0, 0.05) is 0 Å². The summed E-state index contributed by atoms with van der Waals surface area (Å²) >= 11 is 0. The van der Waals surface area contributed by atoms with Crippen molar-refractivity contribution in [3.63, 3.8) is 0 Å². The largest absolute Gasteiger partial charge is 0.270 e. The van der Waals surface area contributed by atoms with Gasteiger partial charge in [-0.3, -0.25) is 4.18 Å². The summed E-state index contributed by atoms with van der Waals surface area (Å²) in [5.74, 6) is 0. The summed E-state index contributed by atoms with van der Waals surface area (Å²) in [6.45, 7) is 8.73. The lowest BCUT2D eigenvalue weighted by atomic mass is 10.2. The van der Waals surface area contributed by atoms with Crippen molar-refractivity contribution in [2.45, 2.75) is 25.0 Å². The predicted octanol–water partition coefficient (Wildman–Crippen LogP) is 1.87. The van der Waals surface area contributed by atoms with E-state index < -0.39 is 15.4 Å². The molecule has 0 aliphatic carbocycles. The quantitative estimate of drug-likeness (QED) is 0.469. The van der Waals surface area contributed by atoms with Gasteiger partial charge in [0.25, 0.3) is 10.1 Å². The van der Waals surface area contributed by atoms with E-state index in [1.165, 1.54) is 6.08 Å². The lowest BCUT2D eigenvalue weighted by Gasteiger charge is -2.12. The van der Waals surface area contributed by atoms with Crippen LogP contribution in [0.2, 0.25) is 0 Å². The van der Waals surface area contributed by atoms with Crippen molar-refractivity contribution in [3.8, 4) is 0 Å². The van der Waals surface area contributed by atoms with Gasteiger partial charge < -0.3 is 0 Å². The van der Waals surface area contributed by atoms with Gasteiger partial charge in [-0.15, -0.1) is 13.2 Å². The van der Waals surface area contributed by atoms with E-state index in [0.717, 1.165) is 0 Å². The van der Waals surface area contributed by atoms with Crippen molar-refractivity contribution < 1.29 is 12.6 Å². The Balaban J connectivity index is 4.37. The van der Waals surface area contributed by atoms with E-state index in [9.17, 15) is 8.42 Å². The average Bonchev–Trinajstić information content (AvgIpc) is 2.10. The summed E-state index contributed by atoms with van der Waals surface area (Å²) in [6.07, 6.45) is 3.96. The third-order valence-electron chi connectivity index (χ3n) is 1.64. The van der Waals surface area contributed by atoms with Gasteiger partial charge in [-0.1, -0.05) is 19.1 Å². The lowest BCUT2D eigenvalue weighted by Crippen LogP contribution is -2.22. The first kappa shape index (κ1) is 12.4. The summed E-state index contributed by atoms with van der Waals surface area (Å²) in [5, 5.41) is -0.482. The zero-order chi connectivity index (χ0) is 10.3. The Hall–Kier alpha value is -0.610. The van der Waals surface area contributed by atoms with Gasteiger partial charge in [0.1, 0.15) is 0 Å². The Morgan fingerprint density at radius 3 is 2.38 bits per heavy atom. The molecule has 3 nitrogen and oxygen atoms in total. The predicted molar refractivity (Wildman–Crippen MR) is 54.0 cm³/mol. The SMILES string of the molecule is C=CCOS(=O)(=O)C(CC)CC=C. The van der Waals surface area contributed by atoms with Crippen molar-refractivity contribution in [3.05, 3.63) is 25.3 Å². The fraction of sp³-hybridized carbons (Fsp3) is 0.556. The van der Waals surface area contributed by atoms with E-state index in [2.05, 4.69) is 13.2 Å². The Morgan fingerprint density at radius 1 is 1.38 bits per heavy atom. The van der Waals surface area contributed by atoms with Crippen LogP contribution in [0.4, 0.5) is 0 Å². The van der Waals surface area contributed by atoms with Gasteiger partial charge in [0.15, 0.2) is 0 Å². The number of rotatable bonds is 7. The maximum absolute atomic E-state index is 11.4. The molecule has 76 valence electrons. The molecule has 0 aromatic rings. The summed E-state index contributed by atoms with van der Waals surface area (Å²) in [7, 11) is -3.44. The first-order valence-electron chi connectivity index (χ1n) is 4.18. The second-order valence-electron chi connectivity index (χ2n) is 2.62. The summed E-state index contributed by atoms with van der Waals surface area (Å²) in [4.78, 5) is 0. The molecular weight excluding hydrogens is 188 g/mol. The summed E-state index contributed by atoms with van der Waals surface area (Å²) < 4.78 is 27.5. The molecule has 0 saturated carbocycles. The van der Waals surface area contributed by atoms with E-state index >= 15 is 0 Å². The third-order valence-corrected chi connectivity index (χ3v) is 3.45. The Bertz CT molecular complexity index is 254. The third kappa shape index (κ3) is 4.24. The molecule has 4 heteroatoms. The van der Waals surface area contributed by atoms with Crippen LogP contribution in [0.3, 0.4) is 0 Å². The molecule has 0 heterocycles. The topological polar surface area (TPSA) is 43.4 Å². The fourth-order valence-electron chi connectivity index (χ4n) is 0.914. The highest BCUT2D eigenvalue weighted by Crippen LogP contribution is 2.12. The molecule has 0 rings (SSSR count). The van der Waals surface area contributed by atoms with Crippen LogP contribution in [0.1, 0.15) is 19.8 Å². The zero-order valence-electron chi connectivity index (χ0n) is 7.90. The molecule has 13 heavy (non-hydrogen) atoms. The number of hydrogen-bond donors (Lipinski definition) is 0. The van der Waals surface area contributed by atoms with Crippen LogP contribution in [0, 0.1) is 0 Å². The van der Waals surface area contributed by atoms with Gasteiger partial charge in [-0.2, -0.15) is 8.42 Å². The molecule has 0 aromatic heterocycles. The van der Waals surface area contributed by atoms with E-state index in [1.54, 1.807) is 6.08 Å². The minimum Gasteiger partial charge on any atom is -0.266 e. The van der Waals surface area contributed by atoms with Crippen molar-refractivity contribution in [1.82, 2.24) is 0 Å². The standard InChI is InChI=1S/C9H16O3S/c1-4-7-9(6-3)13(10,11)12-8-5-2/h4-5,9H,1-2,6-8H2,3H3. The molecule has 0 N–H and O–H groups in total. The molecule has 0 fully saturated rings. The van der Waals surface area contributed by atoms with Crippen LogP contribution in [0.15, 0.2) is 25.3 Å². The first-order valence-corrected chi connectivity index (χ1v) is 5.65. The van der Waals surface area contributed by atoms with Crippen molar-refractivity contribution in [2.75, 3.05) is 6.61 Å². The second-order valence-corrected chi connectivity index (χ2v) is 4.51. The highest BCUT2D eigenvalue weighted by molar-refractivity contribution is 7.87. The molecular formula is C9H16O3S. The summed E-state index contributed by atoms with van der Waals surface area (Å²) in [6, 6.07) is 0. The Morgan fingerprint density at radius 2 is 2.00 bits per heavy atom. The minimum atomic E-state index is -3.44. The van der Waals surface area contributed by atoms with Gasteiger partial charge in [0.05, 0.1) is 11.9 Å². The van der Waals surface area contributed by atoms with Crippen LogP contribution in [0.25, 0.3) is 0 Å². The van der Waals surface area contributed by atoms with E-state index in [0.29, 0.717) is 12.8 Å². The molecule has 0 aromatic carbocycles. The number of hydrogen-bond acceptors (Lipinski definition) is 3. The molecule has 0 bridgehead atoms. The van der Waals surface area contributed by atoms with E-state index in [4.69, 9.17) is 4.18 Å². The van der Waals surface area contributed by atoms with Crippen molar-refractivity contribution >= 4 is 10.1 Å². The smallest absolute Gasteiger partial charge is 0.266 e. The molecule has 0 amide bonds. The maximum atomic E-state index is 11.4. The van der Waals surface area contributed by atoms with Crippen LogP contribution in [-0.4, -0.2) is 20.3 Å². The van der Waals surface area contributed by atoms with Crippen LogP contribution < -0.4 is 0 Å². The molecule has 0 aliphatic heterocycles. The van der Waals surface area contributed by atoms with Crippen LogP contribution in [0.5, 0.6) is 0 Å². The minimum absolute atomic E-state index is 0.0377. The molecule has 0 radical (unpaired) electrons. The highest BCUT2D eigenvalue weighted by Gasteiger charge is 2.22. The number of allylic oxidation sites excluding steroid dienone is 1. The first-order chi connectivity index (χ1) is 6.08. The molecule has 0 saturated heterocycles. The molecule has 0 spiro atoms. The van der Waals surface area contributed by atoms with Crippen LogP contribution >= 0.6 is 0 Å². The van der Waals surface area contributed by atoms with Gasteiger partial charge in [-0.25, -0.2) is 0 Å². The van der Waals surface area contributed by atoms with Gasteiger partial charge >= 0.3 is 0 Å². The summed E-state index contributed by atoms with van der Waals surface area (Å²) in [5.41, 5.74) is 0. The van der Waals surface area contributed by atoms with Crippen molar-refractivity contribution in [2.24, 2.45) is 0 Å². The highest BCUT2D eigenvalue weighted by atomic mass is 32.2. The zero-order valence-corrected chi connectivity index (χ0v) is 8.72. The maximum Gasteiger partial charge on any atom is 0.270 e. The molecule has 0 aliphatic rings. The molecule has 1 unspecified atom stereocenters. The lowest BCUT2D eigenvalue weighted by molar-refractivity contribution is 0.348. The fourth-order valence-corrected chi connectivity index (χ4v) is 2.17. The monoisotopic (exact) mass is 204 g/mol. The van der Waals surface area contributed by atoms with Gasteiger partial charge in [0.2, 0.25) is 0 Å². The van der Waals surface area contributed by atoms with E-state index in [-0.39, 0.29) is 6.61 Å². The molecule has 1 atom stereocenters. The van der Waals surface area contributed by atoms with Gasteiger partial charge in [-0.05, 0) is 12.8 Å². The van der Waals surface area contributed by atoms with E-state index in [1.807, 2.05) is 6.92 Å². The van der Waals surface area contributed by atoms with Crippen LogP contribution in [-0.2, 0) is 14.3 Å². The Kier molecular flexibility index (Phi) is 5.66. The van der Waals surface area contributed by atoms with Crippen molar-refractivity contribution in [1.29, 1.82) is 0 Å².